The standard InChI is InChI=1S/C23H24N4OS/c1-3-14-29-22-25-24-21-26(4-2)20(28)18-19(27(21)22)17-11-7-6-10-16(17)15-23(18)12-8-5-9-13-23/h1,6-7,10-11H,4-5,8-9,12-15H2,2H3. The van der Waals surface area contributed by atoms with Gasteiger partial charge in [-0.15, -0.1) is 16.6 Å². The van der Waals surface area contributed by atoms with Crippen molar-refractivity contribution in [1.82, 2.24) is 19.2 Å². The molecule has 1 saturated carbocycles. The first-order chi connectivity index (χ1) is 14.2. The van der Waals surface area contributed by atoms with Gasteiger partial charge in [0.1, 0.15) is 0 Å². The molecule has 148 valence electrons. The number of aromatic nitrogens is 4. The second-order valence-electron chi connectivity index (χ2n) is 8.06. The van der Waals surface area contributed by atoms with E-state index in [4.69, 9.17) is 6.42 Å². The fraction of sp³-hybridized carbons (Fsp3) is 0.435. The number of aryl methyl sites for hydroxylation is 1. The maximum atomic E-state index is 13.8. The number of fused-ring (bicyclic) bond motifs is 6. The number of thioether (sulfide) groups is 1. The molecule has 0 radical (unpaired) electrons. The summed E-state index contributed by atoms with van der Waals surface area (Å²) in [6, 6.07) is 8.50. The van der Waals surface area contributed by atoms with E-state index in [-0.39, 0.29) is 11.0 Å². The van der Waals surface area contributed by atoms with E-state index in [2.05, 4.69) is 44.8 Å². The average molecular weight is 405 g/mol. The van der Waals surface area contributed by atoms with Gasteiger partial charge in [-0.3, -0.25) is 13.8 Å². The van der Waals surface area contributed by atoms with Crippen LogP contribution in [0.5, 0.6) is 0 Å². The second kappa shape index (κ2) is 7.07. The molecule has 0 atom stereocenters. The number of hydrogen-bond donors (Lipinski definition) is 0. The van der Waals surface area contributed by atoms with Crippen LogP contribution in [0.1, 0.15) is 50.2 Å². The number of hydrogen-bond acceptors (Lipinski definition) is 4. The summed E-state index contributed by atoms with van der Waals surface area (Å²) in [4.78, 5) is 13.8. The molecule has 29 heavy (non-hydrogen) atoms. The van der Waals surface area contributed by atoms with E-state index in [1.54, 1.807) is 4.57 Å². The van der Waals surface area contributed by atoms with E-state index < -0.39 is 0 Å². The minimum Gasteiger partial charge on any atom is -0.277 e. The lowest BCUT2D eigenvalue weighted by molar-refractivity contribution is 0.283. The van der Waals surface area contributed by atoms with Gasteiger partial charge in [-0.1, -0.05) is 61.2 Å². The average Bonchev–Trinajstić information content (AvgIpc) is 3.16. The van der Waals surface area contributed by atoms with E-state index in [0.717, 1.165) is 41.2 Å². The van der Waals surface area contributed by atoms with Crippen molar-refractivity contribution in [1.29, 1.82) is 0 Å². The third-order valence-electron chi connectivity index (χ3n) is 6.52. The van der Waals surface area contributed by atoms with Crippen molar-refractivity contribution in [2.75, 3.05) is 5.75 Å². The van der Waals surface area contributed by atoms with Crippen LogP contribution in [0, 0.1) is 12.3 Å². The maximum Gasteiger partial charge on any atom is 0.259 e. The van der Waals surface area contributed by atoms with Crippen LogP contribution in [0.3, 0.4) is 0 Å². The quantitative estimate of drug-likeness (QED) is 0.488. The Morgan fingerprint density at radius 1 is 1.21 bits per heavy atom. The molecule has 2 aromatic heterocycles. The highest BCUT2D eigenvalue weighted by Crippen LogP contribution is 2.49. The molecule has 1 aromatic carbocycles. The number of terminal acetylenes is 1. The lowest BCUT2D eigenvalue weighted by Crippen LogP contribution is -2.43. The Morgan fingerprint density at radius 3 is 2.76 bits per heavy atom. The molecule has 0 unspecified atom stereocenters. The smallest absolute Gasteiger partial charge is 0.259 e. The number of rotatable bonds is 3. The zero-order valence-corrected chi connectivity index (χ0v) is 17.5. The van der Waals surface area contributed by atoms with Crippen LogP contribution in [0.25, 0.3) is 17.0 Å². The fourth-order valence-corrected chi connectivity index (χ4v) is 5.92. The number of benzene rings is 1. The molecule has 1 fully saturated rings. The van der Waals surface area contributed by atoms with Crippen molar-refractivity contribution in [2.24, 2.45) is 0 Å². The third kappa shape index (κ3) is 2.67. The molecule has 0 amide bonds. The van der Waals surface area contributed by atoms with Crippen molar-refractivity contribution in [2.45, 2.75) is 62.6 Å². The van der Waals surface area contributed by atoms with Crippen molar-refractivity contribution in [3.63, 3.8) is 0 Å². The van der Waals surface area contributed by atoms with Crippen LogP contribution >= 0.6 is 11.8 Å². The zero-order chi connectivity index (χ0) is 20.0. The first-order valence-corrected chi connectivity index (χ1v) is 11.4. The molecular weight excluding hydrogens is 380 g/mol. The summed E-state index contributed by atoms with van der Waals surface area (Å²) in [7, 11) is 0. The van der Waals surface area contributed by atoms with Gasteiger partial charge >= 0.3 is 0 Å². The Morgan fingerprint density at radius 2 is 2.00 bits per heavy atom. The van der Waals surface area contributed by atoms with Gasteiger partial charge in [0.15, 0.2) is 5.16 Å². The highest BCUT2D eigenvalue weighted by atomic mass is 32.2. The molecule has 5 rings (SSSR count). The lowest BCUT2D eigenvalue weighted by Gasteiger charge is -2.42. The molecule has 0 N–H and O–H groups in total. The summed E-state index contributed by atoms with van der Waals surface area (Å²) >= 11 is 1.50. The molecule has 2 aliphatic rings. The van der Waals surface area contributed by atoms with Gasteiger partial charge in [0.25, 0.3) is 5.56 Å². The number of nitrogens with zero attached hydrogens (tertiary/aromatic N) is 4. The maximum absolute atomic E-state index is 13.8. The molecule has 0 aliphatic heterocycles. The summed E-state index contributed by atoms with van der Waals surface area (Å²) in [6.07, 6.45) is 12.2. The van der Waals surface area contributed by atoms with Gasteiger partial charge < -0.3 is 0 Å². The van der Waals surface area contributed by atoms with Gasteiger partial charge in [-0.05, 0) is 31.7 Å². The summed E-state index contributed by atoms with van der Waals surface area (Å²) < 4.78 is 3.88. The first kappa shape index (κ1) is 18.5. The Hall–Kier alpha value is -2.52. The molecule has 1 spiro atoms. The zero-order valence-electron chi connectivity index (χ0n) is 16.6. The summed E-state index contributed by atoms with van der Waals surface area (Å²) in [5.41, 5.74) is 4.41. The SMILES string of the molecule is C#CCSc1nnc2n(CC)c(=O)c3c(n12)-c1ccccc1CC31CCCCC1. The fourth-order valence-electron chi connectivity index (χ4n) is 5.30. The van der Waals surface area contributed by atoms with Crippen molar-refractivity contribution < 1.29 is 0 Å². The molecule has 3 aromatic rings. The van der Waals surface area contributed by atoms with Crippen LogP contribution < -0.4 is 5.56 Å². The van der Waals surface area contributed by atoms with Gasteiger partial charge in [-0.25, -0.2) is 0 Å². The van der Waals surface area contributed by atoms with Crippen molar-refractivity contribution in [3.8, 4) is 23.6 Å². The first-order valence-electron chi connectivity index (χ1n) is 10.4. The molecule has 0 bridgehead atoms. The third-order valence-corrected chi connectivity index (χ3v) is 7.35. The highest BCUT2D eigenvalue weighted by molar-refractivity contribution is 7.99. The van der Waals surface area contributed by atoms with E-state index >= 15 is 0 Å². The van der Waals surface area contributed by atoms with Gasteiger partial charge in [0.2, 0.25) is 5.78 Å². The summed E-state index contributed by atoms with van der Waals surface area (Å²) in [5, 5.41) is 9.59. The van der Waals surface area contributed by atoms with Gasteiger partial charge in [0, 0.05) is 23.1 Å². The topological polar surface area (TPSA) is 52.2 Å². The van der Waals surface area contributed by atoms with E-state index in [1.165, 1.54) is 36.6 Å². The molecular formula is C23H24N4OS. The van der Waals surface area contributed by atoms with E-state index in [0.29, 0.717) is 18.1 Å². The van der Waals surface area contributed by atoms with Gasteiger partial charge in [-0.2, -0.15) is 0 Å². The second-order valence-corrected chi connectivity index (χ2v) is 9.00. The molecule has 6 heteroatoms. The largest absolute Gasteiger partial charge is 0.277 e. The molecule has 5 nitrogen and oxygen atoms in total. The Bertz CT molecular complexity index is 1190. The Labute approximate surface area is 174 Å². The van der Waals surface area contributed by atoms with Crippen LogP contribution in [-0.4, -0.2) is 24.9 Å². The predicted octanol–water partition coefficient (Wildman–Crippen LogP) is 4.06. The lowest BCUT2D eigenvalue weighted by atomic mass is 9.62. The minimum atomic E-state index is -0.0948. The molecule has 2 heterocycles. The van der Waals surface area contributed by atoms with Crippen LogP contribution in [-0.2, 0) is 18.4 Å². The summed E-state index contributed by atoms with van der Waals surface area (Å²) in [6.45, 7) is 2.58. The van der Waals surface area contributed by atoms with Crippen LogP contribution in [0.2, 0.25) is 0 Å². The summed E-state index contributed by atoms with van der Waals surface area (Å²) in [5.74, 6) is 3.81. The van der Waals surface area contributed by atoms with Gasteiger partial charge in [0.05, 0.1) is 11.4 Å². The van der Waals surface area contributed by atoms with Crippen molar-refractivity contribution in [3.05, 3.63) is 45.7 Å². The van der Waals surface area contributed by atoms with E-state index in [9.17, 15) is 4.79 Å². The Balaban J connectivity index is 1.93. The minimum absolute atomic E-state index is 0.0948. The van der Waals surface area contributed by atoms with Crippen molar-refractivity contribution >= 4 is 17.5 Å². The van der Waals surface area contributed by atoms with Crippen LogP contribution in [0.4, 0.5) is 0 Å². The highest BCUT2D eigenvalue weighted by Gasteiger charge is 2.44. The Kier molecular flexibility index (Phi) is 4.51. The predicted molar refractivity (Wildman–Crippen MR) is 116 cm³/mol. The van der Waals surface area contributed by atoms with E-state index in [1.807, 2.05) is 6.92 Å². The normalized spacial score (nSPS) is 17.1. The van der Waals surface area contributed by atoms with Crippen LogP contribution in [0.15, 0.2) is 34.2 Å². The molecule has 2 aliphatic carbocycles. The molecule has 0 saturated heterocycles. The monoisotopic (exact) mass is 404 g/mol.